The normalized spacial score (nSPS) is 10.9. The molecule has 0 atom stereocenters. The zero-order valence-corrected chi connectivity index (χ0v) is 16.6. The lowest BCUT2D eigenvalue weighted by Gasteiger charge is -2.08. The van der Waals surface area contributed by atoms with Crippen molar-refractivity contribution < 1.29 is 14.3 Å². The second kappa shape index (κ2) is 8.51. The van der Waals surface area contributed by atoms with Crippen molar-refractivity contribution in [2.45, 2.75) is 25.8 Å². The van der Waals surface area contributed by atoms with Crippen LogP contribution in [0, 0.1) is 20.8 Å². The van der Waals surface area contributed by atoms with E-state index in [2.05, 4.69) is 23.8 Å². The maximum Gasteiger partial charge on any atom is 0.316 e. The van der Waals surface area contributed by atoms with Crippen molar-refractivity contribution in [3.63, 3.8) is 0 Å². The van der Waals surface area contributed by atoms with Gasteiger partial charge < -0.3 is 9.47 Å². The van der Waals surface area contributed by atoms with Crippen molar-refractivity contribution in [2.24, 2.45) is 0 Å². The first-order chi connectivity index (χ1) is 12.5. The van der Waals surface area contributed by atoms with Gasteiger partial charge in [-0.25, -0.2) is 9.97 Å². The largest absolute Gasteiger partial charge is 0.490 e. The molecular formula is C19H20N2O3S2. The van der Waals surface area contributed by atoms with Crippen molar-refractivity contribution in [1.29, 1.82) is 0 Å². The number of hydrogen-bond acceptors (Lipinski definition) is 7. The number of ether oxygens (including phenoxy) is 2. The number of thiophene rings is 1. The summed E-state index contributed by atoms with van der Waals surface area (Å²) in [6.07, 6.45) is 1.54. The van der Waals surface area contributed by atoms with Gasteiger partial charge in [-0.1, -0.05) is 29.5 Å². The van der Waals surface area contributed by atoms with Crippen LogP contribution in [-0.4, -0.2) is 34.9 Å². The average molecular weight is 389 g/mol. The number of rotatable bonds is 7. The molecule has 0 radical (unpaired) electrons. The zero-order valence-electron chi connectivity index (χ0n) is 14.9. The molecule has 7 heteroatoms. The number of fused-ring (bicyclic) bond motifs is 1. The van der Waals surface area contributed by atoms with Crippen LogP contribution in [0.2, 0.25) is 0 Å². The lowest BCUT2D eigenvalue weighted by Crippen LogP contribution is -2.13. The van der Waals surface area contributed by atoms with Crippen molar-refractivity contribution >= 4 is 39.3 Å². The molecule has 5 nitrogen and oxygen atoms in total. The minimum absolute atomic E-state index is 0.213. The topological polar surface area (TPSA) is 61.3 Å². The van der Waals surface area contributed by atoms with Crippen LogP contribution in [0.4, 0.5) is 0 Å². The van der Waals surface area contributed by atoms with Gasteiger partial charge in [0.05, 0.1) is 5.75 Å². The first-order valence-corrected chi connectivity index (χ1v) is 10.0. The maximum atomic E-state index is 12.0. The lowest BCUT2D eigenvalue weighted by molar-refractivity contribution is -0.141. The highest BCUT2D eigenvalue weighted by Gasteiger charge is 2.14. The van der Waals surface area contributed by atoms with E-state index in [9.17, 15) is 4.79 Å². The van der Waals surface area contributed by atoms with Crippen LogP contribution in [0.5, 0.6) is 5.75 Å². The predicted octanol–water partition coefficient (Wildman–Crippen LogP) is 4.33. The Kier molecular flexibility index (Phi) is 6.11. The van der Waals surface area contributed by atoms with E-state index in [4.69, 9.17) is 9.47 Å². The Balaban J connectivity index is 1.46. The predicted molar refractivity (Wildman–Crippen MR) is 105 cm³/mol. The van der Waals surface area contributed by atoms with E-state index < -0.39 is 0 Å². The standard InChI is InChI=1S/C19H20N2O3S2/c1-12-4-6-15(7-5-12)23-8-9-24-16(22)10-25-18-17-13(2)14(3)26-19(17)21-11-20-18/h4-7,11H,8-10H2,1-3H3. The van der Waals surface area contributed by atoms with Gasteiger partial charge in [0, 0.05) is 10.3 Å². The van der Waals surface area contributed by atoms with Gasteiger partial charge in [0.15, 0.2) is 0 Å². The molecule has 2 heterocycles. The van der Waals surface area contributed by atoms with Crippen LogP contribution in [-0.2, 0) is 9.53 Å². The summed E-state index contributed by atoms with van der Waals surface area (Å²) in [6, 6.07) is 7.76. The molecule has 26 heavy (non-hydrogen) atoms. The third-order valence-electron chi connectivity index (χ3n) is 3.89. The highest BCUT2D eigenvalue weighted by Crippen LogP contribution is 2.34. The fourth-order valence-corrected chi connectivity index (χ4v) is 4.29. The van der Waals surface area contributed by atoms with E-state index in [0.29, 0.717) is 6.61 Å². The summed E-state index contributed by atoms with van der Waals surface area (Å²) in [4.78, 5) is 22.8. The highest BCUT2D eigenvalue weighted by atomic mass is 32.2. The third-order valence-corrected chi connectivity index (χ3v) is 5.97. The molecule has 2 aromatic heterocycles. The first-order valence-electron chi connectivity index (χ1n) is 8.23. The fourth-order valence-electron chi connectivity index (χ4n) is 2.38. The number of aryl methyl sites for hydroxylation is 3. The molecule has 0 N–H and O–H groups in total. The van der Waals surface area contributed by atoms with Gasteiger partial charge in [0.2, 0.25) is 0 Å². The number of thioether (sulfide) groups is 1. The number of carbonyl (C=O) groups is 1. The number of nitrogens with zero attached hydrogens (tertiary/aromatic N) is 2. The summed E-state index contributed by atoms with van der Waals surface area (Å²) in [7, 11) is 0. The van der Waals surface area contributed by atoms with Crippen LogP contribution in [0.15, 0.2) is 35.6 Å². The Labute approximate surface area is 160 Å². The average Bonchev–Trinajstić information content (AvgIpc) is 2.93. The van der Waals surface area contributed by atoms with Crippen molar-refractivity contribution in [3.05, 3.63) is 46.6 Å². The van der Waals surface area contributed by atoms with Crippen molar-refractivity contribution in [3.8, 4) is 5.75 Å². The smallest absolute Gasteiger partial charge is 0.316 e. The van der Waals surface area contributed by atoms with E-state index in [1.165, 1.54) is 27.8 Å². The number of carbonyl (C=O) groups excluding carboxylic acids is 1. The molecule has 0 saturated carbocycles. The zero-order chi connectivity index (χ0) is 18.5. The van der Waals surface area contributed by atoms with Crippen LogP contribution in [0.1, 0.15) is 16.0 Å². The van der Waals surface area contributed by atoms with Gasteiger partial charge in [0.1, 0.15) is 35.1 Å². The summed E-state index contributed by atoms with van der Waals surface area (Å²) in [5.74, 6) is 0.705. The van der Waals surface area contributed by atoms with Crippen LogP contribution < -0.4 is 4.74 Å². The highest BCUT2D eigenvalue weighted by molar-refractivity contribution is 8.00. The molecule has 0 unspecified atom stereocenters. The molecule has 0 fully saturated rings. The Bertz CT molecular complexity index is 907. The minimum Gasteiger partial charge on any atom is -0.490 e. The molecule has 1 aromatic carbocycles. The Morgan fingerprint density at radius 2 is 1.88 bits per heavy atom. The SMILES string of the molecule is Cc1ccc(OCCOC(=O)CSc2ncnc3sc(C)c(C)c23)cc1. The monoisotopic (exact) mass is 388 g/mol. The van der Waals surface area contributed by atoms with Gasteiger partial charge in [-0.05, 0) is 38.5 Å². The van der Waals surface area contributed by atoms with E-state index in [1.807, 2.05) is 31.2 Å². The number of aromatic nitrogens is 2. The van der Waals surface area contributed by atoms with Crippen LogP contribution >= 0.6 is 23.1 Å². The van der Waals surface area contributed by atoms with E-state index in [1.54, 1.807) is 17.7 Å². The second-order valence-electron chi connectivity index (χ2n) is 5.81. The van der Waals surface area contributed by atoms with E-state index in [-0.39, 0.29) is 18.3 Å². The Morgan fingerprint density at radius 1 is 1.12 bits per heavy atom. The second-order valence-corrected chi connectivity index (χ2v) is 7.98. The minimum atomic E-state index is -0.279. The van der Waals surface area contributed by atoms with E-state index >= 15 is 0 Å². The quantitative estimate of drug-likeness (QED) is 0.260. The van der Waals surface area contributed by atoms with Gasteiger partial charge in [0.25, 0.3) is 0 Å². The summed E-state index contributed by atoms with van der Waals surface area (Å²) >= 11 is 3.03. The Morgan fingerprint density at radius 3 is 2.65 bits per heavy atom. The number of esters is 1. The molecule has 0 saturated heterocycles. The molecule has 0 bridgehead atoms. The van der Waals surface area contributed by atoms with Gasteiger partial charge >= 0.3 is 5.97 Å². The van der Waals surface area contributed by atoms with Crippen molar-refractivity contribution in [2.75, 3.05) is 19.0 Å². The number of hydrogen-bond donors (Lipinski definition) is 0. The summed E-state index contributed by atoms with van der Waals surface area (Å²) in [6.45, 7) is 6.71. The lowest BCUT2D eigenvalue weighted by atomic mass is 10.2. The number of benzene rings is 1. The van der Waals surface area contributed by atoms with Crippen molar-refractivity contribution in [1.82, 2.24) is 9.97 Å². The Hall–Kier alpha value is -2.12. The maximum absolute atomic E-state index is 12.0. The first kappa shape index (κ1) is 18.7. The molecule has 3 rings (SSSR count). The third kappa shape index (κ3) is 4.53. The molecular weight excluding hydrogens is 368 g/mol. The molecule has 0 spiro atoms. The molecule has 3 aromatic rings. The van der Waals surface area contributed by atoms with Gasteiger partial charge in [-0.3, -0.25) is 4.79 Å². The fraction of sp³-hybridized carbons (Fsp3) is 0.316. The van der Waals surface area contributed by atoms with Gasteiger partial charge in [-0.15, -0.1) is 11.3 Å². The summed E-state index contributed by atoms with van der Waals surface area (Å²) < 4.78 is 10.8. The summed E-state index contributed by atoms with van der Waals surface area (Å²) in [5, 5.41) is 1.86. The van der Waals surface area contributed by atoms with Gasteiger partial charge in [-0.2, -0.15) is 0 Å². The summed E-state index contributed by atoms with van der Waals surface area (Å²) in [5.41, 5.74) is 2.35. The molecule has 0 amide bonds. The van der Waals surface area contributed by atoms with Crippen LogP contribution in [0.25, 0.3) is 10.2 Å². The molecule has 0 aliphatic carbocycles. The van der Waals surface area contributed by atoms with E-state index in [0.717, 1.165) is 21.0 Å². The molecule has 136 valence electrons. The molecule has 0 aliphatic rings. The molecule has 0 aliphatic heterocycles. The van der Waals surface area contributed by atoms with Crippen LogP contribution in [0.3, 0.4) is 0 Å².